The molecule has 1 heterocycles. The van der Waals surface area contributed by atoms with Gasteiger partial charge < -0.3 is 19.4 Å². The van der Waals surface area contributed by atoms with Crippen molar-refractivity contribution >= 4 is 6.29 Å². The highest BCUT2D eigenvalue weighted by molar-refractivity contribution is 5.58. The SMILES string of the molecule is CC[C@]1(O)CO[C@H](C=O)C1OCc1ccccc1. The van der Waals surface area contributed by atoms with E-state index >= 15 is 0 Å². The molecular weight excluding hydrogens is 232 g/mol. The molecule has 0 saturated carbocycles. The van der Waals surface area contributed by atoms with Crippen LogP contribution in [-0.2, 0) is 20.9 Å². The molecule has 1 fully saturated rings. The normalized spacial score (nSPS) is 31.4. The predicted molar refractivity (Wildman–Crippen MR) is 66.1 cm³/mol. The van der Waals surface area contributed by atoms with Crippen molar-refractivity contribution in [2.75, 3.05) is 6.61 Å². The summed E-state index contributed by atoms with van der Waals surface area (Å²) < 4.78 is 11.0. The maximum atomic E-state index is 10.9. The second kappa shape index (κ2) is 5.61. The van der Waals surface area contributed by atoms with E-state index in [9.17, 15) is 9.90 Å². The Morgan fingerprint density at radius 1 is 1.50 bits per heavy atom. The Balaban J connectivity index is 2.03. The third-order valence-electron chi connectivity index (χ3n) is 3.37. The summed E-state index contributed by atoms with van der Waals surface area (Å²) >= 11 is 0. The van der Waals surface area contributed by atoms with E-state index in [1.165, 1.54) is 0 Å². The molecule has 1 aliphatic heterocycles. The van der Waals surface area contributed by atoms with Gasteiger partial charge in [0.2, 0.25) is 0 Å². The van der Waals surface area contributed by atoms with Crippen LogP contribution in [0.3, 0.4) is 0 Å². The number of hydrogen-bond acceptors (Lipinski definition) is 4. The molecule has 1 aromatic carbocycles. The summed E-state index contributed by atoms with van der Waals surface area (Å²) in [5.41, 5.74) is -0.0621. The summed E-state index contributed by atoms with van der Waals surface area (Å²) in [6.45, 7) is 2.36. The zero-order chi connectivity index (χ0) is 13.0. The zero-order valence-electron chi connectivity index (χ0n) is 10.4. The van der Waals surface area contributed by atoms with Gasteiger partial charge in [-0.2, -0.15) is 0 Å². The van der Waals surface area contributed by atoms with Crippen LogP contribution in [0.1, 0.15) is 18.9 Å². The molecule has 98 valence electrons. The largest absolute Gasteiger partial charge is 0.385 e. The summed E-state index contributed by atoms with van der Waals surface area (Å²) in [6, 6.07) is 9.66. The van der Waals surface area contributed by atoms with Crippen LogP contribution in [0.4, 0.5) is 0 Å². The van der Waals surface area contributed by atoms with Gasteiger partial charge in [-0.1, -0.05) is 37.3 Å². The average molecular weight is 250 g/mol. The van der Waals surface area contributed by atoms with Crippen LogP contribution in [0.25, 0.3) is 0 Å². The number of aliphatic hydroxyl groups is 1. The van der Waals surface area contributed by atoms with Crippen molar-refractivity contribution in [2.24, 2.45) is 0 Å². The molecule has 1 saturated heterocycles. The molecule has 4 nitrogen and oxygen atoms in total. The highest BCUT2D eigenvalue weighted by atomic mass is 16.6. The Hall–Kier alpha value is -1.23. The van der Waals surface area contributed by atoms with Crippen LogP contribution in [-0.4, -0.2) is 35.8 Å². The maximum absolute atomic E-state index is 10.9. The first-order valence-corrected chi connectivity index (χ1v) is 6.14. The number of rotatable bonds is 5. The van der Waals surface area contributed by atoms with Crippen molar-refractivity contribution in [2.45, 2.75) is 37.8 Å². The van der Waals surface area contributed by atoms with Gasteiger partial charge >= 0.3 is 0 Å². The van der Waals surface area contributed by atoms with Gasteiger partial charge in [-0.15, -0.1) is 0 Å². The van der Waals surface area contributed by atoms with Gasteiger partial charge in [-0.25, -0.2) is 0 Å². The first-order valence-electron chi connectivity index (χ1n) is 6.14. The lowest BCUT2D eigenvalue weighted by atomic mass is 9.94. The van der Waals surface area contributed by atoms with Gasteiger partial charge in [0.05, 0.1) is 13.2 Å². The molecular formula is C14H18O4. The molecule has 3 atom stereocenters. The lowest BCUT2D eigenvalue weighted by Gasteiger charge is -2.28. The number of ether oxygens (including phenoxy) is 2. The highest BCUT2D eigenvalue weighted by Gasteiger charge is 2.48. The minimum Gasteiger partial charge on any atom is -0.385 e. The summed E-state index contributed by atoms with van der Waals surface area (Å²) in [5, 5.41) is 10.3. The number of hydrogen-bond donors (Lipinski definition) is 1. The minimum atomic E-state index is -1.07. The summed E-state index contributed by atoms with van der Waals surface area (Å²) in [4.78, 5) is 10.9. The second-order valence-electron chi connectivity index (χ2n) is 4.59. The van der Waals surface area contributed by atoms with Gasteiger partial charge in [0.1, 0.15) is 17.8 Å². The van der Waals surface area contributed by atoms with Crippen molar-refractivity contribution < 1.29 is 19.4 Å². The molecule has 1 unspecified atom stereocenters. The van der Waals surface area contributed by atoms with E-state index in [0.29, 0.717) is 19.3 Å². The number of carbonyl (C=O) groups is 1. The van der Waals surface area contributed by atoms with Crippen LogP contribution >= 0.6 is 0 Å². The monoisotopic (exact) mass is 250 g/mol. The molecule has 1 aromatic rings. The van der Waals surface area contributed by atoms with Crippen molar-refractivity contribution in [3.63, 3.8) is 0 Å². The Morgan fingerprint density at radius 3 is 2.83 bits per heavy atom. The third kappa shape index (κ3) is 2.61. The number of carbonyl (C=O) groups excluding carboxylic acids is 1. The Kier molecular flexibility index (Phi) is 4.11. The molecule has 0 radical (unpaired) electrons. The molecule has 0 aromatic heterocycles. The fraction of sp³-hybridized carbons (Fsp3) is 0.500. The molecule has 18 heavy (non-hydrogen) atoms. The van der Waals surface area contributed by atoms with Crippen molar-refractivity contribution in [3.05, 3.63) is 35.9 Å². The molecule has 2 rings (SSSR count). The average Bonchev–Trinajstić information content (AvgIpc) is 2.75. The molecule has 0 spiro atoms. The van der Waals surface area contributed by atoms with Crippen LogP contribution in [0.15, 0.2) is 30.3 Å². The maximum Gasteiger partial charge on any atom is 0.151 e. The van der Waals surface area contributed by atoms with E-state index < -0.39 is 17.8 Å². The van der Waals surface area contributed by atoms with Crippen LogP contribution in [0, 0.1) is 0 Å². The smallest absolute Gasteiger partial charge is 0.151 e. The van der Waals surface area contributed by atoms with Crippen molar-refractivity contribution in [1.82, 2.24) is 0 Å². The van der Waals surface area contributed by atoms with Crippen molar-refractivity contribution in [3.8, 4) is 0 Å². The molecule has 0 aliphatic carbocycles. The van der Waals surface area contributed by atoms with Crippen LogP contribution < -0.4 is 0 Å². The fourth-order valence-electron chi connectivity index (χ4n) is 2.14. The standard InChI is InChI=1S/C14H18O4/c1-2-14(16)10-18-12(8-15)13(14)17-9-11-6-4-3-5-7-11/h3-8,12-13,16H,2,9-10H2,1H3/t12-,13?,14+/m1/s1. The first kappa shape index (κ1) is 13.2. The van der Waals surface area contributed by atoms with E-state index in [1.807, 2.05) is 37.3 Å². The Bertz CT molecular complexity index is 392. The topological polar surface area (TPSA) is 55.8 Å². The van der Waals surface area contributed by atoms with E-state index in [-0.39, 0.29) is 6.61 Å². The zero-order valence-corrected chi connectivity index (χ0v) is 10.4. The molecule has 1 aliphatic rings. The summed E-state index contributed by atoms with van der Waals surface area (Å²) in [5.74, 6) is 0. The van der Waals surface area contributed by atoms with Gasteiger partial charge in [0.15, 0.2) is 6.29 Å². The quantitative estimate of drug-likeness (QED) is 0.801. The molecule has 0 bridgehead atoms. The first-order chi connectivity index (χ1) is 8.69. The second-order valence-corrected chi connectivity index (χ2v) is 4.59. The summed E-state index contributed by atoms with van der Waals surface area (Å²) in [6.07, 6.45) is -0.0843. The van der Waals surface area contributed by atoms with E-state index in [4.69, 9.17) is 9.47 Å². The molecule has 4 heteroatoms. The third-order valence-corrected chi connectivity index (χ3v) is 3.37. The van der Waals surface area contributed by atoms with Gasteiger partial charge in [0, 0.05) is 0 Å². The summed E-state index contributed by atoms with van der Waals surface area (Å²) in [7, 11) is 0. The molecule has 1 N–H and O–H groups in total. The van der Waals surface area contributed by atoms with Gasteiger partial charge in [-0.05, 0) is 12.0 Å². The van der Waals surface area contributed by atoms with Crippen LogP contribution in [0.5, 0.6) is 0 Å². The van der Waals surface area contributed by atoms with Crippen molar-refractivity contribution in [1.29, 1.82) is 0 Å². The Labute approximate surface area is 107 Å². The van der Waals surface area contributed by atoms with Gasteiger partial charge in [-0.3, -0.25) is 0 Å². The lowest BCUT2D eigenvalue weighted by Crippen LogP contribution is -2.45. The molecule has 0 amide bonds. The van der Waals surface area contributed by atoms with Crippen LogP contribution in [0.2, 0.25) is 0 Å². The minimum absolute atomic E-state index is 0.145. The lowest BCUT2D eigenvalue weighted by molar-refractivity contribution is -0.127. The van der Waals surface area contributed by atoms with E-state index in [2.05, 4.69) is 0 Å². The fourth-order valence-corrected chi connectivity index (χ4v) is 2.14. The van der Waals surface area contributed by atoms with Gasteiger partial charge in [0.25, 0.3) is 0 Å². The van der Waals surface area contributed by atoms with E-state index in [1.54, 1.807) is 0 Å². The number of aldehydes is 1. The Morgan fingerprint density at radius 2 is 2.22 bits per heavy atom. The highest BCUT2D eigenvalue weighted by Crippen LogP contribution is 2.30. The number of benzene rings is 1. The predicted octanol–water partition coefficient (Wildman–Crippen LogP) is 1.31. The van der Waals surface area contributed by atoms with E-state index in [0.717, 1.165) is 5.56 Å².